The predicted molar refractivity (Wildman–Crippen MR) is 71.9 cm³/mol. The molecule has 0 atom stereocenters. The zero-order chi connectivity index (χ0) is 14.4. The van der Waals surface area contributed by atoms with Gasteiger partial charge < -0.3 is 14.4 Å². The zero-order valence-corrected chi connectivity index (χ0v) is 11.2. The lowest BCUT2D eigenvalue weighted by molar-refractivity contribution is 0.0651. The fourth-order valence-corrected chi connectivity index (χ4v) is 2.56. The van der Waals surface area contributed by atoms with Crippen LogP contribution in [-0.2, 0) is 0 Å². The molecule has 106 valence electrons. The van der Waals surface area contributed by atoms with Crippen molar-refractivity contribution in [1.29, 1.82) is 5.26 Å². The number of nitrogens with zero attached hydrogens (tertiary/aromatic N) is 2. The predicted octanol–water partition coefficient (Wildman–Crippen LogP) is 2.50. The van der Waals surface area contributed by atoms with Crippen LogP contribution >= 0.6 is 0 Å². The van der Waals surface area contributed by atoms with Gasteiger partial charge in [-0.3, -0.25) is 0 Å². The molecule has 2 rings (SSSR count). The first-order valence-electron chi connectivity index (χ1n) is 6.91. The first-order chi connectivity index (χ1) is 9.69. The van der Waals surface area contributed by atoms with Crippen molar-refractivity contribution in [2.75, 3.05) is 6.61 Å². The van der Waals surface area contributed by atoms with Gasteiger partial charge in [-0.05, 0) is 23.9 Å². The van der Waals surface area contributed by atoms with Gasteiger partial charge in [0, 0.05) is 5.97 Å². The van der Waals surface area contributed by atoms with E-state index in [4.69, 9.17) is 15.1 Å². The number of nitriles is 1. The number of aromatic carboxylic acids is 1. The molecule has 1 saturated heterocycles. The van der Waals surface area contributed by atoms with Crippen LogP contribution in [-0.4, -0.2) is 29.6 Å². The van der Waals surface area contributed by atoms with Crippen LogP contribution in [0.15, 0.2) is 10.6 Å². The van der Waals surface area contributed by atoms with Crippen molar-refractivity contribution < 1.29 is 19.2 Å². The van der Waals surface area contributed by atoms with Crippen LogP contribution in [0.5, 0.6) is 5.88 Å². The highest BCUT2D eigenvalue weighted by Gasteiger charge is 2.23. The van der Waals surface area contributed by atoms with Crippen molar-refractivity contribution >= 4 is 12.7 Å². The van der Waals surface area contributed by atoms with E-state index < -0.39 is 5.97 Å². The molecule has 1 aliphatic rings. The molecule has 1 aliphatic heterocycles. The fourth-order valence-electron chi connectivity index (χ4n) is 2.56. The molecule has 0 radical (unpaired) electrons. The Labute approximate surface area is 117 Å². The second-order valence-corrected chi connectivity index (χ2v) is 5.17. The van der Waals surface area contributed by atoms with Crippen LogP contribution in [0, 0.1) is 17.1 Å². The molecule has 6 nitrogen and oxygen atoms in total. The summed E-state index contributed by atoms with van der Waals surface area (Å²) >= 11 is 0. The van der Waals surface area contributed by atoms with Gasteiger partial charge in [-0.2, -0.15) is 0 Å². The van der Waals surface area contributed by atoms with Gasteiger partial charge in [-0.25, -0.2) is 10.1 Å². The highest BCUT2D eigenvalue weighted by atomic mass is 16.5. The summed E-state index contributed by atoms with van der Waals surface area (Å²) < 4.78 is 9.94. The van der Waals surface area contributed by atoms with Crippen molar-refractivity contribution in [2.45, 2.75) is 38.3 Å². The van der Waals surface area contributed by atoms with Crippen molar-refractivity contribution in [2.24, 2.45) is 5.92 Å². The quantitative estimate of drug-likeness (QED) is 0.633. The Balaban J connectivity index is 1.62. The SMILES string of the molecule is N#CB1CCC(CCCOc2cc(C(=O)O)on2)CC1. The largest absolute Gasteiger partial charge is 0.475 e. The minimum absolute atomic E-state index is 0.213. The maximum Gasteiger partial charge on any atom is 0.374 e. The van der Waals surface area contributed by atoms with E-state index in [1.807, 2.05) is 0 Å². The molecule has 2 heterocycles. The van der Waals surface area contributed by atoms with Crippen molar-refractivity contribution in [1.82, 2.24) is 5.16 Å². The molecule has 7 heteroatoms. The average Bonchev–Trinajstić information content (AvgIpc) is 2.93. The number of carboxylic acids is 1. The minimum atomic E-state index is -1.15. The third-order valence-corrected chi connectivity index (χ3v) is 3.74. The first kappa shape index (κ1) is 14.4. The van der Waals surface area contributed by atoms with E-state index in [9.17, 15) is 4.79 Å². The molecule has 1 fully saturated rings. The summed E-state index contributed by atoms with van der Waals surface area (Å²) in [7, 11) is 0. The second-order valence-electron chi connectivity index (χ2n) is 5.17. The van der Waals surface area contributed by atoms with Gasteiger partial charge in [0.1, 0.15) is 0 Å². The van der Waals surface area contributed by atoms with Crippen LogP contribution in [0.3, 0.4) is 0 Å². The third-order valence-electron chi connectivity index (χ3n) is 3.74. The van der Waals surface area contributed by atoms with Gasteiger partial charge in [0.05, 0.1) is 12.7 Å². The highest BCUT2D eigenvalue weighted by Crippen LogP contribution is 2.28. The fraction of sp³-hybridized carbons (Fsp3) is 0.615. The summed E-state index contributed by atoms with van der Waals surface area (Å²) in [4.78, 5) is 10.6. The van der Waals surface area contributed by atoms with Gasteiger partial charge in [0.25, 0.3) is 12.6 Å². The van der Waals surface area contributed by atoms with E-state index in [1.165, 1.54) is 6.07 Å². The Bertz CT molecular complexity index is 489. The molecular formula is C13H17BN2O4. The Morgan fingerprint density at radius 3 is 2.95 bits per heavy atom. The molecule has 0 aromatic carbocycles. The van der Waals surface area contributed by atoms with Crippen molar-refractivity contribution in [3.63, 3.8) is 0 Å². The smallest absolute Gasteiger partial charge is 0.374 e. The highest BCUT2D eigenvalue weighted by molar-refractivity contribution is 6.67. The van der Waals surface area contributed by atoms with Gasteiger partial charge in [-0.15, -0.1) is 0 Å². The molecular weight excluding hydrogens is 259 g/mol. The topological polar surface area (TPSA) is 96.3 Å². The molecule has 0 bridgehead atoms. The molecule has 0 amide bonds. The first-order valence-corrected chi connectivity index (χ1v) is 6.91. The Hall–Kier alpha value is -1.97. The Morgan fingerprint density at radius 1 is 1.60 bits per heavy atom. The Kier molecular flexibility index (Phi) is 5.05. The molecule has 0 unspecified atom stereocenters. The van der Waals surface area contributed by atoms with Crippen molar-refractivity contribution in [3.8, 4) is 11.8 Å². The number of rotatable bonds is 6. The van der Waals surface area contributed by atoms with Gasteiger partial charge >= 0.3 is 5.97 Å². The average molecular weight is 276 g/mol. The van der Waals surface area contributed by atoms with Crippen LogP contribution in [0.4, 0.5) is 0 Å². The summed E-state index contributed by atoms with van der Waals surface area (Å²) in [5, 5.41) is 21.0. The third kappa shape index (κ3) is 4.02. The molecule has 1 aromatic rings. The second kappa shape index (κ2) is 6.99. The summed E-state index contributed by atoms with van der Waals surface area (Å²) in [6.07, 6.45) is 6.22. The molecule has 0 aliphatic carbocycles. The lowest BCUT2D eigenvalue weighted by Crippen LogP contribution is -2.20. The Morgan fingerprint density at radius 2 is 2.35 bits per heavy atom. The standard InChI is InChI=1S/C13H17BN2O4/c15-9-14-5-3-10(4-6-14)2-1-7-19-12-8-11(13(17)18)20-16-12/h8,10H,1-7H2,(H,17,18). The van der Waals surface area contributed by atoms with E-state index >= 15 is 0 Å². The lowest BCUT2D eigenvalue weighted by atomic mass is 9.41. The van der Waals surface area contributed by atoms with E-state index in [0.29, 0.717) is 12.5 Å². The number of carbonyl (C=O) groups is 1. The number of ether oxygens (including phenoxy) is 1. The minimum Gasteiger partial charge on any atom is -0.475 e. The van der Waals surface area contributed by atoms with Crippen LogP contribution in [0.2, 0.25) is 12.6 Å². The summed E-state index contributed by atoms with van der Waals surface area (Å²) in [6.45, 7) is 0.746. The van der Waals surface area contributed by atoms with Crippen LogP contribution in [0.25, 0.3) is 0 Å². The summed E-state index contributed by atoms with van der Waals surface area (Å²) in [6, 6.07) is 1.28. The lowest BCUT2D eigenvalue weighted by Gasteiger charge is -2.22. The summed E-state index contributed by atoms with van der Waals surface area (Å²) in [5.74, 6) is 1.86. The number of aromatic nitrogens is 1. The van der Waals surface area contributed by atoms with Gasteiger partial charge in [0.15, 0.2) is 0 Å². The van der Waals surface area contributed by atoms with Gasteiger partial charge in [-0.1, -0.05) is 25.5 Å². The van der Waals surface area contributed by atoms with E-state index in [2.05, 4.69) is 15.6 Å². The normalized spacial score (nSPS) is 15.8. The monoisotopic (exact) mass is 276 g/mol. The molecule has 0 spiro atoms. The van der Waals surface area contributed by atoms with Crippen LogP contribution in [0.1, 0.15) is 36.2 Å². The van der Waals surface area contributed by atoms with E-state index in [1.54, 1.807) is 0 Å². The van der Waals surface area contributed by atoms with Gasteiger partial charge in [0.2, 0.25) is 5.76 Å². The van der Waals surface area contributed by atoms with E-state index in [-0.39, 0.29) is 18.4 Å². The molecule has 1 aromatic heterocycles. The zero-order valence-electron chi connectivity index (χ0n) is 11.2. The molecule has 1 N–H and O–H groups in total. The molecule has 0 saturated carbocycles. The van der Waals surface area contributed by atoms with Crippen molar-refractivity contribution in [3.05, 3.63) is 11.8 Å². The van der Waals surface area contributed by atoms with E-state index in [0.717, 1.165) is 38.3 Å². The van der Waals surface area contributed by atoms with Crippen LogP contribution < -0.4 is 4.74 Å². The number of carboxylic acid groups (broad SMARTS) is 1. The number of hydrogen-bond donors (Lipinski definition) is 1. The number of hydrogen-bond acceptors (Lipinski definition) is 5. The molecule has 20 heavy (non-hydrogen) atoms. The summed E-state index contributed by atoms with van der Waals surface area (Å²) in [5.41, 5.74) is 0. The maximum absolute atomic E-state index is 10.6. The maximum atomic E-state index is 10.6.